The lowest BCUT2D eigenvalue weighted by molar-refractivity contribution is -0.0756. The Labute approximate surface area is 200 Å². The average Bonchev–Trinajstić information content (AvgIpc) is 3.60. The minimum Gasteiger partial charge on any atom is -0.284 e. The Hall–Kier alpha value is -3.30. The first-order valence-electron chi connectivity index (χ1n) is 11.3. The summed E-state index contributed by atoms with van der Waals surface area (Å²) in [6, 6.07) is 9.79. The molecule has 1 atom stereocenters. The lowest BCUT2D eigenvalue weighted by Crippen LogP contribution is -2.39. The minimum absolute atomic E-state index is 0.219. The van der Waals surface area contributed by atoms with Crippen LogP contribution >= 0.6 is 11.3 Å². The number of fused-ring (bicyclic) bond motifs is 2. The van der Waals surface area contributed by atoms with Crippen molar-refractivity contribution in [2.75, 3.05) is 14.2 Å². The van der Waals surface area contributed by atoms with Crippen molar-refractivity contribution in [1.29, 1.82) is 0 Å². The Morgan fingerprint density at radius 3 is 2.71 bits per heavy atom. The molecule has 34 heavy (non-hydrogen) atoms. The molecular weight excluding hydrogens is 452 g/mol. The first-order chi connectivity index (χ1) is 16.3. The van der Waals surface area contributed by atoms with E-state index < -0.39 is 11.5 Å². The van der Waals surface area contributed by atoms with Crippen LogP contribution in [-0.2, 0) is 18.4 Å². The van der Waals surface area contributed by atoms with Crippen LogP contribution in [0.3, 0.4) is 0 Å². The smallest absolute Gasteiger partial charge is 0.284 e. The van der Waals surface area contributed by atoms with Crippen molar-refractivity contribution in [3.63, 3.8) is 0 Å². The van der Waals surface area contributed by atoms with Gasteiger partial charge in [-0.25, -0.2) is 9.86 Å². The summed E-state index contributed by atoms with van der Waals surface area (Å²) in [7, 11) is 4.40. The summed E-state index contributed by atoms with van der Waals surface area (Å²) in [4.78, 5) is 50.9. The number of carbonyl (C=O) groups excluding carboxylic acids is 1. The number of hydrogen-bond acceptors (Lipinski definition) is 6. The lowest BCUT2D eigenvalue weighted by atomic mass is 9.93. The number of nitrogens with zero attached hydrogens (tertiary/aromatic N) is 4. The number of carbonyl (C=O) groups is 1. The molecule has 1 fully saturated rings. The SMILES string of the molecule is CON(C)C(=O)c1c(C(C)c2ccnc3ccccc23)sc2c1c(=O)n(C)c(=O)n2CC1CC1. The zero-order chi connectivity index (χ0) is 24.1. The van der Waals surface area contributed by atoms with Gasteiger partial charge in [-0.2, -0.15) is 0 Å². The molecule has 0 saturated heterocycles. The van der Waals surface area contributed by atoms with Gasteiger partial charge in [0.25, 0.3) is 11.5 Å². The highest BCUT2D eigenvalue weighted by Crippen LogP contribution is 2.40. The molecule has 0 bridgehead atoms. The maximum atomic E-state index is 13.5. The highest BCUT2D eigenvalue weighted by molar-refractivity contribution is 7.19. The van der Waals surface area contributed by atoms with Crippen LogP contribution in [0.2, 0.25) is 0 Å². The van der Waals surface area contributed by atoms with E-state index in [1.54, 1.807) is 10.8 Å². The van der Waals surface area contributed by atoms with Gasteiger partial charge in [-0.1, -0.05) is 25.1 Å². The Morgan fingerprint density at radius 2 is 2.00 bits per heavy atom. The fraction of sp³-hybridized carbons (Fsp3) is 0.360. The number of benzene rings is 1. The summed E-state index contributed by atoms with van der Waals surface area (Å²) in [6.45, 7) is 2.56. The second kappa shape index (κ2) is 8.48. The van der Waals surface area contributed by atoms with Crippen LogP contribution in [0, 0.1) is 5.92 Å². The Bertz CT molecular complexity index is 1540. The monoisotopic (exact) mass is 478 g/mol. The van der Waals surface area contributed by atoms with Gasteiger partial charge >= 0.3 is 5.69 Å². The maximum absolute atomic E-state index is 13.5. The molecule has 8 nitrogen and oxygen atoms in total. The summed E-state index contributed by atoms with van der Waals surface area (Å²) in [6.07, 6.45) is 3.88. The van der Waals surface area contributed by atoms with E-state index in [9.17, 15) is 14.4 Å². The summed E-state index contributed by atoms with van der Waals surface area (Å²) in [5.74, 6) is -0.210. The molecule has 0 N–H and O–H groups in total. The van der Waals surface area contributed by atoms with Gasteiger partial charge in [-0.15, -0.1) is 11.3 Å². The fourth-order valence-corrected chi connectivity index (χ4v) is 5.82. The summed E-state index contributed by atoms with van der Waals surface area (Å²) in [5, 5.41) is 2.39. The van der Waals surface area contributed by atoms with Gasteiger partial charge in [-0.3, -0.25) is 28.5 Å². The van der Waals surface area contributed by atoms with Crippen LogP contribution in [-0.4, -0.2) is 39.2 Å². The van der Waals surface area contributed by atoms with Crippen molar-refractivity contribution < 1.29 is 9.63 Å². The standard InChI is InChI=1S/C25H26N4O4S/c1-14(16-11-12-26-18-8-6-5-7-17(16)18)21-19(23(31)28(3)33-4)20-22(30)27(2)25(32)29(24(20)34-21)13-15-9-10-15/h5-8,11-12,14-15H,9-10,13H2,1-4H3. The van der Waals surface area contributed by atoms with Crippen molar-refractivity contribution in [3.8, 4) is 0 Å². The van der Waals surface area contributed by atoms with Crippen molar-refractivity contribution in [3.05, 3.63) is 73.4 Å². The average molecular weight is 479 g/mol. The first-order valence-corrected chi connectivity index (χ1v) is 12.1. The predicted molar refractivity (Wildman–Crippen MR) is 132 cm³/mol. The normalized spacial score (nSPS) is 14.6. The van der Waals surface area contributed by atoms with Crippen molar-refractivity contribution in [1.82, 2.24) is 19.2 Å². The third-order valence-corrected chi connectivity index (χ3v) is 8.05. The largest absolute Gasteiger partial charge is 0.331 e. The number of pyridine rings is 1. The zero-order valence-corrected chi connectivity index (χ0v) is 20.4. The van der Waals surface area contributed by atoms with Crippen LogP contribution in [0.4, 0.5) is 0 Å². The molecule has 1 amide bonds. The first kappa shape index (κ1) is 22.5. The van der Waals surface area contributed by atoms with Gasteiger partial charge in [0.15, 0.2) is 0 Å². The molecule has 1 aromatic carbocycles. The van der Waals surface area contributed by atoms with E-state index >= 15 is 0 Å². The van der Waals surface area contributed by atoms with Gasteiger partial charge in [0.05, 0.1) is 23.6 Å². The van der Waals surface area contributed by atoms with Crippen LogP contribution in [0.1, 0.15) is 46.5 Å². The lowest BCUT2D eigenvalue weighted by Gasteiger charge is -2.18. The van der Waals surface area contributed by atoms with E-state index in [0.29, 0.717) is 22.9 Å². The van der Waals surface area contributed by atoms with Crippen LogP contribution in [0.25, 0.3) is 21.1 Å². The molecule has 9 heteroatoms. The van der Waals surface area contributed by atoms with Gasteiger partial charge in [0.2, 0.25) is 0 Å². The molecular formula is C25H26N4O4S. The molecule has 1 aliphatic carbocycles. The number of para-hydroxylation sites is 1. The summed E-state index contributed by atoms with van der Waals surface area (Å²) >= 11 is 1.35. The molecule has 1 saturated carbocycles. The number of rotatable bonds is 6. The van der Waals surface area contributed by atoms with Gasteiger partial charge in [-0.05, 0) is 36.5 Å². The number of amides is 1. The maximum Gasteiger partial charge on any atom is 0.331 e. The second-order valence-corrected chi connectivity index (χ2v) is 9.88. The predicted octanol–water partition coefficient (Wildman–Crippen LogP) is 3.51. The molecule has 3 aromatic heterocycles. The molecule has 1 aliphatic rings. The number of hydrogen-bond donors (Lipinski definition) is 0. The van der Waals surface area contributed by atoms with Crippen molar-refractivity contribution in [2.24, 2.45) is 13.0 Å². The van der Waals surface area contributed by atoms with E-state index in [2.05, 4.69) is 4.98 Å². The van der Waals surface area contributed by atoms with Gasteiger partial charge < -0.3 is 0 Å². The number of thiophene rings is 1. The van der Waals surface area contributed by atoms with E-state index in [0.717, 1.165) is 43.8 Å². The highest BCUT2D eigenvalue weighted by Gasteiger charge is 2.32. The molecule has 0 spiro atoms. The Morgan fingerprint density at radius 1 is 1.26 bits per heavy atom. The minimum atomic E-state index is -0.464. The molecule has 0 radical (unpaired) electrons. The van der Waals surface area contributed by atoms with E-state index in [1.807, 2.05) is 37.3 Å². The number of hydroxylamine groups is 2. The molecule has 3 heterocycles. The Kier molecular flexibility index (Phi) is 5.61. The van der Waals surface area contributed by atoms with E-state index in [-0.39, 0.29) is 17.0 Å². The van der Waals surface area contributed by atoms with Crippen LogP contribution < -0.4 is 11.2 Å². The third kappa shape index (κ3) is 3.56. The summed E-state index contributed by atoms with van der Waals surface area (Å²) < 4.78 is 2.78. The molecule has 176 valence electrons. The topological polar surface area (TPSA) is 86.4 Å². The van der Waals surface area contributed by atoms with Crippen molar-refractivity contribution >= 4 is 38.4 Å². The molecule has 1 unspecified atom stereocenters. The quantitative estimate of drug-likeness (QED) is 0.396. The molecule has 0 aliphatic heterocycles. The van der Waals surface area contributed by atoms with E-state index in [4.69, 9.17) is 4.84 Å². The Balaban J connectivity index is 1.83. The van der Waals surface area contributed by atoms with Gasteiger partial charge in [0, 0.05) is 43.0 Å². The zero-order valence-electron chi connectivity index (χ0n) is 19.6. The molecule has 5 rings (SSSR count). The summed E-state index contributed by atoms with van der Waals surface area (Å²) in [5.41, 5.74) is 1.34. The van der Waals surface area contributed by atoms with E-state index in [1.165, 1.54) is 32.5 Å². The second-order valence-electron chi connectivity index (χ2n) is 8.85. The fourth-order valence-electron chi connectivity index (χ4n) is 4.46. The van der Waals surface area contributed by atoms with Crippen LogP contribution in [0.5, 0.6) is 0 Å². The highest BCUT2D eigenvalue weighted by atomic mass is 32.1. The van der Waals surface area contributed by atoms with Crippen LogP contribution in [0.15, 0.2) is 46.1 Å². The molecule has 4 aromatic rings. The van der Waals surface area contributed by atoms with Gasteiger partial charge in [0.1, 0.15) is 4.83 Å². The van der Waals surface area contributed by atoms with Crippen molar-refractivity contribution in [2.45, 2.75) is 32.2 Å². The number of aromatic nitrogens is 3. The third-order valence-electron chi connectivity index (χ3n) is 6.65.